The van der Waals surface area contributed by atoms with Crippen LogP contribution in [0.5, 0.6) is 0 Å². The fraction of sp³-hybridized carbons (Fsp3) is 1.00. The number of hydrogen-bond acceptors (Lipinski definition) is 1. The van der Waals surface area contributed by atoms with E-state index in [9.17, 15) is 0 Å². The fourth-order valence-corrected chi connectivity index (χ4v) is 1.44. The van der Waals surface area contributed by atoms with Crippen molar-refractivity contribution in [3.8, 4) is 0 Å². The third-order valence-corrected chi connectivity index (χ3v) is 2.20. The highest BCUT2D eigenvalue weighted by atomic mass is 16.5. The maximum Gasteiger partial charge on any atom is 0.0627 e. The topological polar surface area (TPSA) is 9.23 Å². The first-order chi connectivity index (χ1) is 4.50. The van der Waals surface area contributed by atoms with E-state index < -0.39 is 0 Å². The van der Waals surface area contributed by atoms with Crippen LogP contribution in [0, 0.1) is 5.41 Å². The Hall–Kier alpha value is -0.0400. The van der Waals surface area contributed by atoms with Gasteiger partial charge in [-0.15, -0.1) is 0 Å². The molecule has 0 aliphatic carbocycles. The maximum atomic E-state index is 5.73. The molecule has 0 radical (unpaired) electrons. The van der Waals surface area contributed by atoms with Crippen LogP contribution in [0.4, 0.5) is 0 Å². The lowest BCUT2D eigenvalue weighted by atomic mass is 9.87. The zero-order valence-electron chi connectivity index (χ0n) is 7.48. The van der Waals surface area contributed by atoms with E-state index in [0.717, 1.165) is 0 Å². The van der Waals surface area contributed by atoms with Crippen LogP contribution in [0.2, 0.25) is 0 Å². The summed E-state index contributed by atoms with van der Waals surface area (Å²) >= 11 is 0. The van der Waals surface area contributed by atoms with E-state index in [4.69, 9.17) is 4.74 Å². The van der Waals surface area contributed by atoms with Crippen molar-refractivity contribution in [1.82, 2.24) is 0 Å². The monoisotopic (exact) mass is 142 g/mol. The first-order valence-electron chi connectivity index (χ1n) is 4.15. The minimum atomic E-state index is 0.338. The Morgan fingerprint density at radius 3 is 2.00 bits per heavy atom. The molecule has 2 atom stereocenters. The molecule has 10 heavy (non-hydrogen) atoms. The summed E-state index contributed by atoms with van der Waals surface area (Å²) in [4.78, 5) is 0. The highest BCUT2D eigenvalue weighted by Gasteiger charge is 2.31. The second kappa shape index (κ2) is 2.54. The lowest BCUT2D eigenvalue weighted by molar-refractivity contribution is -0.00812. The minimum absolute atomic E-state index is 0.338. The summed E-state index contributed by atoms with van der Waals surface area (Å²) in [6.45, 7) is 8.90. The number of ether oxygens (including phenoxy) is 1. The Labute approximate surface area is 63.8 Å². The third kappa shape index (κ3) is 1.72. The Kier molecular flexibility index (Phi) is 2.04. The van der Waals surface area contributed by atoms with Crippen molar-refractivity contribution in [3.05, 3.63) is 0 Å². The van der Waals surface area contributed by atoms with Gasteiger partial charge in [-0.2, -0.15) is 0 Å². The van der Waals surface area contributed by atoms with E-state index >= 15 is 0 Å². The summed E-state index contributed by atoms with van der Waals surface area (Å²) in [6, 6.07) is 0. The van der Waals surface area contributed by atoms with Crippen molar-refractivity contribution in [3.63, 3.8) is 0 Å². The van der Waals surface area contributed by atoms with Gasteiger partial charge in [-0.1, -0.05) is 20.8 Å². The van der Waals surface area contributed by atoms with Crippen molar-refractivity contribution in [2.75, 3.05) is 0 Å². The van der Waals surface area contributed by atoms with Crippen LogP contribution in [-0.4, -0.2) is 12.2 Å². The van der Waals surface area contributed by atoms with E-state index in [1.807, 2.05) is 0 Å². The zero-order valence-corrected chi connectivity index (χ0v) is 7.48. The van der Waals surface area contributed by atoms with Gasteiger partial charge in [-0.25, -0.2) is 0 Å². The van der Waals surface area contributed by atoms with Gasteiger partial charge in [0.1, 0.15) is 0 Å². The highest BCUT2D eigenvalue weighted by molar-refractivity contribution is 4.80. The molecule has 1 heterocycles. The van der Waals surface area contributed by atoms with Gasteiger partial charge < -0.3 is 4.74 Å². The molecule has 1 heteroatoms. The van der Waals surface area contributed by atoms with Gasteiger partial charge in [0, 0.05) is 0 Å². The van der Waals surface area contributed by atoms with E-state index in [1.54, 1.807) is 0 Å². The van der Waals surface area contributed by atoms with Crippen molar-refractivity contribution < 1.29 is 4.74 Å². The third-order valence-electron chi connectivity index (χ3n) is 2.20. The van der Waals surface area contributed by atoms with E-state index in [-0.39, 0.29) is 0 Å². The molecule has 1 aliphatic rings. The van der Waals surface area contributed by atoms with Crippen LogP contribution >= 0.6 is 0 Å². The fourth-order valence-electron chi connectivity index (χ4n) is 1.44. The van der Waals surface area contributed by atoms with Gasteiger partial charge in [0.25, 0.3) is 0 Å². The highest BCUT2D eigenvalue weighted by Crippen LogP contribution is 2.32. The molecular weight excluding hydrogens is 124 g/mol. The second-order valence-corrected chi connectivity index (χ2v) is 4.38. The molecule has 1 fully saturated rings. The van der Waals surface area contributed by atoms with Crippen molar-refractivity contribution in [2.24, 2.45) is 5.41 Å². The molecular formula is C9H18O. The molecule has 0 aromatic carbocycles. The maximum absolute atomic E-state index is 5.73. The summed E-state index contributed by atoms with van der Waals surface area (Å²) in [6.07, 6.45) is 3.46. The van der Waals surface area contributed by atoms with E-state index in [2.05, 4.69) is 27.7 Å². The van der Waals surface area contributed by atoms with Gasteiger partial charge in [0.2, 0.25) is 0 Å². The molecule has 0 aromatic rings. The van der Waals surface area contributed by atoms with E-state index in [0.29, 0.717) is 17.6 Å². The molecule has 0 amide bonds. The van der Waals surface area contributed by atoms with Gasteiger partial charge in [0.05, 0.1) is 12.2 Å². The number of hydrogen-bond donors (Lipinski definition) is 0. The molecule has 2 unspecified atom stereocenters. The van der Waals surface area contributed by atoms with Crippen molar-refractivity contribution >= 4 is 0 Å². The number of rotatable bonds is 0. The Balaban J connectivity index is 2.45. The van der Waals surface area contributed by atoms with Crippen LogP contribution in [0.25, 0.3) is 0 Å². The Bertz CT molecular complexity index is 112. The minimum Gasteiger partial charge on any atom is -0.375 e. The molecule has 1 nitrogen and oxygen atoms in total. The molecule has 0 saturated carbocycles. The zero-order chi connectivity index (χ0) is 7.78. The predicted molar refractivity (Wildman–Crippen MR) is 43.0 cm³/mol. The van der Waals surface area contributed by atoms with Crippen molar-refractivity contribution in [2.45, 2.75) is 52.7 Å². The van der Waals surface area contributed by atoms with Crippen LogP contribution in [0.3, 0.4) is 0 Å². The van der Waals surface area contributed by atoms with Crippen LogP contribution < -0.4 is 0 Å². The van der Waals surface area contributed by atoms with Gasteiger partial charge in [-0.3, -0.25) is 0 Å². The quantitative estimate of drug-likeness (QED) is 0.505. The summed E-state index contributed by atoms with van der Waals surface area (Å²) in [5.41, 5.74) is 0.338. The molecule has 1 aliphatic heterocycles. The average Bonchev–Trinajstić information content (AvgIpc) is 2.11. The predicted octanol–water partition coefficient (Wildman–Crippen LogP) is 2.60. The Morgan fingerprint density at radius 2 is 1.80 bits per heavy atom. The molecule has 0 bridgehead atoms. The summed E-state index contributed by atoms with van der Waals surface area (Å²) in [5.74, 6) is 0. The van der Waals surface area contributed by atoms with E-state index in [1.165, 1.54) is 12.8 Å². The van der Waals surface area contributed by atoms with Gasteiger partial charge in [-0.05, 0) is 25.2 Å². The lowest BCUT2D eigenvalue weighted by Crippen LogP contribution is -2.25. The molecule has 1 saturated heterocycles. The summed E-state index contributed by atoms with van der Waals surface area (Å²) < 4.78 is 5.73. The summed E-state index contributed by atoms with van der Waals surface area (Å²) in [7, 11) is 0. The Morgan fingerprint density at radius 1 is 1.20 bits per heavy atom. The average molecular weight is 142 g/mol. The lowest BCUT2D eigenvalue weighted by Gasteiger charge is -2.26. The molecule has 1 rings (SSSR count). The van der Waals surface area contributed by atoms with Crippen LogP contribution in [0.1, 0.15) is 40.5 Å². The van der Waals surface area contributed by atoms with Gasteiger partial charge >= 0.3 is 0 Å². The molecule has 0 aromatic heterocycles. The molecule has 0 spiro atoms. The van der Waals surface area contributed by atoms with Crippen LogP contribution in [-0.2, 0) is 4.74 Å². The first kappa shape index (κ1) is 8.06. The standard InChI is InChI=1S/C9H18O/c1-7-5-6-8(10-7)9(2,3)4/h7-8H,5-6H2,1-4H3. The summed E-state index contributed by atoms with van der Waals surface area (Å²) in [5, 5.41) is 0. The first-order valence-corrected chi connectivity index (χ1v) is 4.15. The smallest absolute Gasteiger partial charge is 0.0627 e. The largest absolute Gasteiger partial charge is 0.375 e. The van der Waals surface area contributed by atoms with Crippen molar-refractivity contribution in [1.29, 1.82) is 0 Å². The van der Waals surface area contributed by atoms with Crippen LogP contribution in [0.15, 0.2) is 0 Å². The van der Waals surface area contributed by atoms with Gasteiger partial charge in [0.15, 0.2) is 0 Å². The normalized spacial score (nSPS) is 34.8. The molecule has 60 valence electrons. The second-order valence-electron chi connectivity index (χ2n) is 4.38. The SMILES string of the molecule is CC1CCC(C(C)(C)C)O1. The molecule has 0 N–H and O–H groups in total.